The van der Waals surface area contributed by atoms with Gasteiger partial charge in [-0.15, -0.1) is 0 Å². The van der Waals surface area contributed by atoms with Gasteiger partial charge in [-0.25, -0.2) is 9.37 Å². The van der Waals surface area contributed by atoms with Crippen molar-refractivity contribution in [3.63, 3.8) is 0 Å². The first-order chi connectivity index (χ1) is 12.9. The summed E-state index contributed by atoms with van der Waals surface area (Å²) in [5.74, 6) is -0.785. The molecule has 3 rings (SSSR count). The zero-order valence-electron chi connectivity index (χ0n) is 14.8. The van der Waals surface area contributed by atoms with E-state index in [1.54, 1.807) is 12.1 Å². The number of rotatable bonds is 4. The molecule has 8 heteroatoms. The van der Waals surface area contributed by atoms with Crippen LogP contribution in [0.1, 0.15) is 28.7 Å². The summed E-state index contributed by atoms with van der Waals surface area (Å²) >= 11 is 5.90. The maximum Gasteiger partial charge on any atom is 0.269 e. The monoisotopic (exact) mass is 388 g/mol. The summed E-state index contributed by atoms with van der Waals surface area (Å²) in [6.45, 7) is 4.70. The number of halogens is 2. The van der Waals surface area contributed by atoms with E-state index in [4.69, 9.17) is 11.6 Å². The summed E-state index contributed by atoms with van der Waals surface area (Å²) in [6.07, 6.45) is -0.287. The molecule has 0 bridgehead atoms. The van der Waals surface area contributed by atoms with Crippen molar-refractivity contribution in [3.05, 3.63) is 64.2 Å². The number of amides is 2. The van der Waals surface area contributed by atoms with Crippen molar-refractivity contribution < 1.29 is 14.0 Å². The van der Waals surface area contributed by atoms with E-state index in [-0.39, 0.29) is 17.0 Å². The van der Waals surface area contributed by atoms with E-state index in [0.29, 0.717) is 11.1 Å². The molecule has 0 aliphatic rings. The van der Waals surface area contributed by atoms with E-state index in [1.165, 1.54) is 18.2 Å². The number of aromatic nitrogens is 2. The zero-order valence-corrected chi connectivity index (χ0v) is 15.6. The molecule has 0 atom stereocenters. The maximum absolute atomic E-state index is 13.7. The van der Waals surface area contributed by atoms with Crippen molar-refractivity contribution in [2.75, 3.05) is 0 Å². The maximum atomic E-state index is 13.7. The molecule has 0 spiro atoms. The number of nitrogens with zero attached hydrogens (tertiary/aromatic N) is 2. The first-order valence-corrected chi connectivity index (χ1v) is 8.77. The standard InChI is InChI=1S/C19H18ClFN4O2/c1-3-25-11(2)22-16-9-12(7-8-17(16)25)19(27)24-23-18(26)10-13-14(20)5-4-6-15(13)21/h4-9H,3,10H2,1-2H3,(H,23,26)(H,24,27). The Balaban J connectivity index is 1.67. The summed E-state index contributed by atoms with van der Waals surface area (Å²) in [5.41, 5.74) is 6.66. The van der Waals surface area contributed by atoms with Crippen LogP contribution in [0.4, 0.5) is 4.39 Å². The molecule has 0 unspecified atom stereocenters. The van der Waals surface area contributed by atoms with Crippen LogP contribution in [0.5, 0.6) is 0 Å². The molecule has 27 heavy (non-hydrogen) atoms. The Morgan fingerprint density at radius 1 is 1.22 bits per heavy atom. The average molecular weight is 389 g/mol. The van der Waals surface area contributed by atoms with Crippen LogP contribution in [0.25, 0.3) is 11.0 Å². The van der Waals surface area contributed by atoms with Crippen LogP contribution in [0.2, 0.25) is 5.02 Å². The predicted molar refractivity (Wildman–Crippen MR) is 101 cm³/mol. The fourth-order valence-corrected chi connectivity index (χ4v) is 3.13. The number of benzene rings is 2. The van der Waals surface area contributed by atoms with Crippen molar-refractivity contribution >= 4 is 34.4 Å². The Bertz CT molecular complexity index is 1010. The molecular formula is C19H18ClFN4O2. The summed E-state index contributed by atoms with van der Waals surface area (Å²) in [7, 11) is 0. The Kier molecular flexibility index (Phi) is 5.41. The molecule has 2 amide bonds. The van der Waals surface area contributed by atoms with Crippen LogP contribution in [-0.4, -0.2) is 21.4 Å². The SMILES string of the molecule is CCn1c(C)nc2cc(C(=O)NNC(=O)Cc3c(F)cccc3Cl)ccc21. The molecule has 2 N–H and O–H groups in total. The largest absolute Gasteiger partial charge is 0.329 e. The van der Waals surface area contributed by atoms with Crippen molar-refractivity contribution in [2.24, 2.45) is 0 Å². The van der Waals surface area contributed by atoms with Gasteiger partial charge in [0.15, 0.2) is 0 Å². The molecule has 1 heterocycles. The molecule has 0 radical (unpaired) electrons. The summed E-state index contributed by atoms with van der Waals surface area (Å²) in [4.78, 5) is 28.7. The van der Waals surface area contributed by atoms with Crippen LogP contribution in [-0.2, 0) is 17.8 Å². The molecule has 1 aromatic heterocycles. The minimum atomic E-state index is -0.581. The minimum Gasteiger partial charge on any atom is -0.329 e. The Morgan fingerprint density at radius 3 is 2.70 bits per heavy atom. The van der Waals surface area contributed by atoms with Crippen LogP contribution in [0.15, 0.2) is 36.4 Å². The van der Waals surface area contributed by atoms with E-state index >= 15 is 0 Å². The van der Waals surface area contributed by atoms with Gasteiger partial charge in [-0.1, -0.05) is 17.7 Å². The number of carbonyl (C=O) groups is 2. The van der Waals surface area contributed by atoms with Gasteiger partial charge in [-0.3, -0.25) is 20.4 Å². The van der Waals surface area contributed by atoms with Crippen LogP contribution in [0.3, 0.4) is 0 Å². The van der Waals surface area contributed by atoms with Crippen LogP contribution < -0.4 is 10.9 Å². The number of carbonyl (C=O) groups excluding carboxylic acids is 2. The minimum absolute atomic E-state index is 0.0768. The van der Waals surface area contributed by atoms with E-state index in [0.717, 1.165) is 17.9 Å². The predicted octanol–water partition coefficient (Wildman–Crippen LogP) is 3.16. The molecule has 140 valence electrons. The fraction of sp³-hybridized carbons (Fsp3) is 0.211. The molecular weight excluding hydrogens is 371 g/mol. The van der Waals surface area contributed by atoms with Gasteiger partial charge in [0.2, 0.25) is 5.91 Å². The van der Waals surface area contributed by atoms with Crippen LogP contribution in [0, 0.1) is 12.7 Å². The van der Waals surface area contributed by atoms with Gasteiger partial charge in [0, 0.05) is 22.7 Å². The fourth-order valence-electron chi connectivity index (χ4n) is 2.90. The molecule has 2 aromatic carbocycles. The highest BCUT2D eigenvalue weighted by Gasteiger charge is 2.14. The first kappa shape index (κ1) is 18.8. The second-order valence-corrected chi connectivity index (χ2v) is 6.39. The third-order valence-electron chi connectivity index (χ3n) is 4.23. The lowest BCUT2D eigenvalue weighted by Gasteiger charge is -2.09. The lowest BCUT2D eigenvalue weighted by atomic mass is 10.1. The quantitative estimate of drug-likeness (QED) is 0.674. The molecule has 0 aliphatic heterocycles. The van der Waals surface area contributed by atoms with E-state index in [2.05, 4.69) is 15.8 Å². The van der Waals surface area contributed by atoms with E-state index in [9.17, 15) is 14.0 Å². The smallest absolute Gasteiger partial charge is 0.269 e. The number of hydrazine groups is 1. The number of hydrogen-bond donors (Lipinski definition) is 2. The number of hydrogen-bond acceptors (Lipinski definition) is 3. The van der Waals surface area contributed by atoms with Gasteiger partial charge in [0.1, 0.15) is 11.6 Å². The van der Waals surface area contributed by atoms with Gasteiger partial charge in [-0.05, 0) is 44.2 Å². The summed E-state index contributed by atoms with van der Waals surface area (Å²) < 4.78 is 15.8. The summed E-state index contributed by atoms with van der Waals surface area (Å²) in [6, 6.07) is 9.31. The highest BCUT2D eigenvalue weighted by molar-refractivity contribution is 6.31. The third-order valence-corrected chi connectivity index (χ3v) is 4.59. The Labute approximate surface area is 160 Å². The molecule has 3 aromatic rings. The number of fused-ring (bicyclic) bond motifs is 1. The third kappa shape index (κ3) is 3.93. The molecule has 6 nitrogen and oxygen atoms in total. The van der Waals surface area contributed by atoms with Crippen molar-refractivity contribution in [2.45, 2.75) is 26.8 Å². The zero-order chi connectivity index (χ0) is 19.6. The molecule has 0 saturated carbocycles. The molecule has 0 aliphatic carbocycles. The van der Waals surface area contributed by atoms with Gasteiger partial charge in [0.25, 0.3) is 5.91 Å². The average Bonchev–Trinajstić information content (AvgIpc) is 2.96. The van der Waals surface area contributed by atoms with Gasteiger partial charge >= 0.3 is 0 Å². The van der Waals surface area contributed by atoms with Crippen molar-refractivity contribution in [1.29, 1.82) is 0 Å². The molecule has 0 fully saturated rings. The van der Waals surface area contributed by atoms with E-state index < -0.39 is 17.6 Å². The highest BCUT2D eigenvalue weighted by atomic mass is 35.5. The second kappa shape index (κ2) is 7.75. The van der Waals surface area contributed by atoms with Gasteiger partial charge < -0.3 is 4.57 Å². The Hall–Kier alpha value is -2.93. The highest BCUT2D eigenvalue weighted by Crippen LogP contribution is 2.19. The topological polar surface area (TPSA) is 76.0 Å². The number of aryl methyl sites for hydroxylation is 2. The first-order valence-electron chi connectivity index (χ1n) is 8.39. The van der Waals surface area contributed by atoms with Gasteiger partial charge in [0.05, 0.1) is 17.5 Å². The normalized spacial score (nSPS) is 10.8. The second-order valence-electron chi connectivity index (χ2n) is 5.99. The van der Waals surface area contributed by atoms with Gasteiger partial charge in [-0.2, -0.15) is 0 Å². The van der Waals surface area contributed by atoms with Crippen molar-refractivity contribution in [1.82, 2.24) is 20.4 Å². The molecule has 0 saturated heterocycles. The lowest BCUT2D eigenvalue weighted by molar-refractivity contribution is -0.121. The van der Waals surface area contributed by atoms with E-state index in [1.807, 2.05) is 24.5 Å². The summed E-state index contributed by atoms with van der Waals surface area (Å²) in [5, 5.41) is 0.156. The Morgan fingerprint density at radius 2 is 2.00 bits per heavy atom. The van der Waals surface area contributed by atoms with Crippen LogP contribution >= 0.6 is 11.6 Å². The number of imidazole rings is 1. The number of nitrogens with one attached hydrogen (secondary N) is 2. The lowest BCUT2D eigenvalue weighted by Crippen LogP contribution is -2.42. The van der Waals surface area contributed by atoms with Crippen molar-refractivity contribution in [3.8, 4) is 0 Å².